The van der Waals surface area contributed by atoms with E-state index in [1.54, 1.807) is 30.5 Å². The van der Waals surface area contributed by atoms with Crippen LogP contribution in [-0.2, 0) is 24.3 Å². The lowest BCUT2D eigenvalue weighted by Crippen LogP contribution is -2.40. The molecule has 1 aliphatic heterocycles. The Balaban J connectivity index is 1.67. The van der Waals surface area contributed by atoms with Crippen LogP contribution in [0.25, 0.3) is 0 Å². The van der Waals surface area contributed by atoms with Crippen LogP contribution in [0.5, 0.6) is 0 Å². The van der Waals surface area contributed by atoms with Gasteiger partial charge in [0.25, 0.3) is 5.91 Å². The molecule has 0 atom stereocenters. The number of nitrogens with one attached hydrogen (secondary N) is 1. The fraction of sp³-hybridized carbons (Fsp3) is 0.333. The highest BCUT2D eigenvalue weighted by Gasteiger charge is 2.27. The number of ether oxygens (including phenoxy) is 2. The Bertz CT molecular complexity index is 950. The molecule has 1 N–H and O–H groups in total. The second kappa shape index (κ2) is 8.82. The fourth-order valence-corrected chi connectivity index (χ4v) is 4.67. The van der Waals surface area contributed by atoms with Gasteiger partial charge in [0.05, 0.1) is 18.1 Å². The van der Waals surface area contributed by atoms with E-state index < -0.39 is 28.5 Å². The van der Waals surface area contributed by atoms with E-state index in [1.165, 1.54) is 27.8 Å². The number of nitrogens with zero attached hydrogens (tertiary/aromatic N) is 1. The number of carbonyl (C=O) groups is 2. The number of benzene rings is 1. The molecule has 0 aliphatic carbocycles. The Morgan fingerprint density at radius 1 is 1.25 bits per heavy atom. The van der Waals surface area contributed by atoms with Crippen molar-refractivity contribution in [1.82, 2.24) is 4.31 Å². The third-order valence-electron chi connectivity index (χ3n) is 4.15. The third kappa shape index (κ3) is 4.76. The Morgan fingerprint density at radius 2 is 2.00 bits per heavy atom. The van der Waals surface area contributed by atoms with Crippen LogP contribution in [0.4, 0.5) is 5.69 Å². The molecule has 1 fully saturated rings. The zero-order valence-electron chi connectivity index (χ0n) is 15.2. The summed E-state index contributed by atoms with van der Waals surface area (Å²) in [6, 6.07) is 7.87. The minimum absolute atomic E-state index is 0.0888. The predicted molar refractivity (Wildman–Crippen MR) is 104 cm³/mol. The van der Waals surface area contributed by atoms with Crippen LogP contribution in [0.2, 0.25) is 0 Å². The summed E-state index contributed by atoms with van der Waals surface area (Å²) in [6.07, 6.45) is 0. The molecule has 1 amide bonds. The Labute approximate surface area is 167 Å². The lowest BCUT2D eigenvalue weighted by atomic mass is 10.2. The summed E-state index contributed by atoms with van der Waals surface area (Å²) in [6.45, 7) is 2.57. The first-order chi connectivity index (χ1) is 13.4. The van der Waals surface area contributed by atoms with Crippen LogP contribution < -0.4 is 5.32 Å². The molecule has 1 aromatic heterocycles. The molecule has 28 heavy (non-hydrogen) atoms. The van der Waals surface area contributed by atoms with E-state index in [9.17, 15) is 18.0 Å². The number of hydrogen-bond acceptors (Lipinski definition) is 7. The molecule has 0 radical (unpaired) electrons. The van der Waals surface area contributed by atoms with Crippen molar-refractivity contribution in [3.63, 3.8) is 0 Å². The molecule has 1 aromatic carbocycles. The lowest BCUT2D eigenvalue weighted by Gasteiger charge is -2.26. The monoisotopic (exact) mass is 424 g/mol. The van der Waals surface area contributed by atoms with E-state index in [2.05, 4.69) is 5.32 Å². The third-order valence-corrected chi connectivity index (χ3v) is 6.89. The number of amides is 1. The first-order valence-electron chi connectivity index (χ1n) is 8.57. The molecular formula is C18H20N2O6S2. The van der Waals surface area contributed by atoms with Gasteiger partial charge in [-0.3, -0.25) is 4.79 Å². The molecule has 8 nitrogen and oxygen atoms in total. The van der Waals surface area contributed by atoms with Crippen LogP contribution in [0.1, 0.15) is 15.2 Å². The topological polar surface area (TPSA) is 102 Å². The summed E-state index contributed by atoms with van der Waals surface area (Å²) in [5.41, 5.74) is 1.05. The highest BCUT2D eigenvalue weighted by molar-refractivity contribution is 7.89. The molecule has 0 unspecified atom stereocenters. The first kappa shape index (κ1) is 20.5. The van der Waals surface area contributed by atoms with Crippen molar-refractivity contribution in [3.05, 3.63) is 46.2 Å². The molecule has 2 heterocycles. The van der Waals surface area contributed by atoms with Crippen molar-refractivity contribution >= 4 is 38.9 Å². The molecule has 0 spiro atoms. The summed E-state index contributed by atoms with van der Waals surface area (Å²) in [5, 5.41) is 4.34. The highest BCUT2D eigenvalue weighted by Crippen LogP contribution is 2.23. The van der Waals surface area contributed by atoms with E-state index in [-0.39, 0.29) is 18.0 Å². The Hall–Kier alpha value is -2.27. The first-order valence-corrected chi connectivity index (χ1v) is 10.9. The van der Waals surface area contributed by atoms with E-state index in [0.29, 0.717) is 29.3 Å². The number of rotatable bonds is 6. The summed E-state index contributed by atoms with van der Waals surface area (Å²) in [7, 11) is -3.67. The van der Waals surface area contributed by atoms with Crippen molar-refractivity contribution < 1.29 is 27.5 Å². The van der Waals surface area contributed by atoms with Gasteiger partial charge in [-0.15, -0.1) is 11.3 Å². The number of carbonyl (C=O) groups excluding carboxylic acids is 2. The van der Waals surface area contributed by atoms with Crippen LogP contribution in [0.15, 0.2) is 40.6 Å². The summed E-state index contributed by atoms with van der Waals surface area (Å²) in [5.74, 6) is -1.13. The van der Waals surface area contributed by atoms with Gasteiger partial charge in [0.1, 0.15) is 4.88 Å². The fourth-order valence-electron chi connectivity index (χ4n) is 2.62. The standard InChI is InChI=1S/C18H20N2O6S2/c1-13-4-5-14(28(23,24)20-6-8-25-9-7-20)11-15(13)19-17(21)12-26-18(22)16-3-2-10-27-16/h2-5,10-11H,6-9,12H2,1H3,(H,19,21). The van der Waals surface area contributed by atoms with Crippen LogP contribution in [0.3, 0.4) is 0 Å². The average molecular weight is 425 g/mol. The smallest absolute Gasteiger partial charge is 0.348 e. The van der Waals surface area contributed by atoms with Gasteiger partial charge in [-0.2, -0.15) is 4.31 Å². The molecule has 0 saturated carbocycles. The predicted octanol–water partition coefficient (Wildman–Crippen LogP) is 1.87. The number of anilines is 1. The van der Waals surface area contributed by atoms with E-state index >= 15 is 0 Å². The maximum absolute atomic E-state index is 12.8. The van der Waals surface area contributed by atoms with Crippen LogP contribution >= 0.6 is 11.3 Å². The molecule has 150 valence electrons. The van der Waals surface area contributed by atoms with Gasteiger partial charge in [-0.05, 0) is 36.1 Å². The van der Waals surface area contributed by atoms with Gasteiger partial charge < -0.3 is 14.8 Å². The second-order valence-corrected chi connectivity index (χ2v) is 8.98. The minimum Gasteiger partial charge on any atom is -0.451 e. The number of thiophene rings is 1. The molecule has 3 rings (SSSR count). The number of aryl methyl sites for hydroxylation is 1. The highest BCUT2D eigenvalue weighted by atomic mass is 32.2. The Kier molecular flexibility index (Phi) is 6.45. The summed E-state index contributed by atoms with van der Waals surface area (Å²) >= 11 is 1.22. The van der Waals surface area contributed by atoms with Gasteiger partial charge in [0, 0.05) is 18.8 Å². The zero-order valence-corrected chi connectivity index (χ0v) is 16.8. The van der Waals surface area contributed by atoms with Crippen molar-refractivity contribution in [1.29, 1.82) is 0 Å². The largest absolute Gasteiger partial charge is 0.451 e. The maximum Gasteiger partial charge on any atom is 0.348 e. The normalized spacial score (nSPS) is 15.2. The van der Waals surface area contributed by atoms with Crippen LogP contribution in [0, 0.1) is 6.92 Å². The zero-order chi connectivity index (χ0) is 20.1. The Morgan fingerprint density at radius 3 is 2.68 bits per heavy atom. The maximum atomic E-state index is 12.8. The number of morpholine rings is 1. The van der Waals surface area contributed by atoms with E-state index in [4.69, 9.17) is 9.47 Å². The molecule has 2 aromatic rings. The molecule has 0 bridgehead atoms. The molecule has 1 aliphatic rings. The molecular weight excluding hydrogens is 404 g/mol. The number of esters is 1. The number of hydrogen-bond donors (Lipinski definition) is 1. The van der Waals surface area contributed by atoms with Crippen molar-refractivity contribution in [2.45, 2.75) is 11.8 Å². The number of sulfonamides is 1. The van der Waals surface area contributed by atoms with Gasteiger partial charge in [-0.1, -0.05) is 12.1 Å². The minimum atomic E-state index is -3.67. The van der Waals surface area contributed by atoms with E-state index in [0.717, 1.165) is 0 Å². The van der Waals surface area contributed by atoms with Crippen molar-refractivity contribution in [3.8, 4) is 0 Å². The van der Waals surface area contributed by atoms with Crippen molar-refractivity contribution in [2.24, 2.45) is 0 Å². The van der Waals surface area contributed by atoms with E-state index in [1.807, 2.05) is 0 Å². The quantitative estimate of drug-likeness (QED) is 0.711. The van der Waals surface area contributed by atoms with Gasteiger partial charge in [0.15, 0.2) is 6.61 Å². The molecule has 1 saturated heterocycles. The lowest BCUT2D eigenvalue weighted by molar-refractivity contribution is -0.119. The van der Waals surface area contributed by atoms with Gasteiger partial charge >= 0.3 is 5.97 Å². The van der Waals surface area contributed by atoms with Gasteiger partial charge in [0.2, 0.25) is 10.0 Å². The van der Waals surface area contributed by atoms with Gasteiger partial charge in [-0.25, -0.2) is 13.2 Å². The SMILES string of the molecule is Cc1ccc(S(=O)(=O)N2CCOCC2)cc1NC(=O)COC(=O)c1cccs1. The molecule has 10 heteroatoms. The average Bonchev–Trinajstić information content (AvgIpc) is 3.23. The van der Waals surface area contributed by atoms with Crippen LogP contribution in [-0.4, -0.2) is 57.5 Å². The summed E-state index contributed by atoms with van der Waals surface area (Å²) in [4.78, 5) is 24.4. The second-order valence-electron chi connectivity index (χ2n) is 6.09. The van der Waals surface area contributed by atoms with Crippen molar-refractivity contribution in [2.75, 3.05) is 38.2 Å². The summed E-state index contributed by atoms with van der Waals surface area (Å²) < 4.78 is 37.1.